The van der Waals surface area contributed by atoms with Crippen molar-refractivity contribution in [2.24, 2.45) is 0 Å². The van der Waals surface area contributed by atoms with Gasteiger partial charge >= 0.3 is 6.09 Å². The van der Waals surface area contributed by atoms with Crippen LogP contribution in [-0.4, -0.2) is 33.1 Å². The Morgan fingerprint density at radius 2 is 1.89 bits per heavy atom. The molecule has 0 heterocycles. The van der Waals surface area contributed by atoms with E-state index in [4.69, 9.17) is 4.74 Å². The van der Waals surface area contributed by atoms with Crippen molar-refractivity contribution < 1.29 is 18.5 Å². The van der Waals surface area contributed by atoms with Crippen molar-refractivity contribution in [2.75, 3.05) is 6.54 Å². The summed E-state index contributed by atoms with van der Waals surface area (Å²) in [4.78, 5) is 23.4. The average Bonchev–Trinajstić information content (AvgIpc) is 3.03. The first kappa shape index (κ1) is 15.9. The quantitative estimate of drug-likeness (QED) is 0.797. The number of nitrogens with one attached hydrogen (secondary N) is 2. The van der Waals surface area contributed by atoms with Crippen LogP contribution in [0, 0.1) is 0 Å². The van der Waals surface area contributed by atoms with Gasteiger partial charge in [-0.3, -0.25) is 4.79 Å². The lowest BCUT2D eigenvalue weighted by Gasteiger charge is -2.21. The Bertz CT molecular complexity index is 386. The molecule has 1 atom stereocenters. The summed E-state index contributed by atoms with van der Waals surface area (Å²) in [5, 5.41) is 2.71. The van der Waals surface area contributed by atoms with Gasteiger partial charge in [-0.25, -0.2) is 13.7 Å². The minimum atomic E-state index is -1.75. The van der Waals surface area contributed by atoms with Gasteiger partial charge in [0.25, 0.3) is 0 Å². The van der Waals surface area contributed by atoms with Crippen LogP contribution in [0.1, 0.15) is 47.0 Å². The third-order valence-electron chi connectivity index (χ3n) is 2.58. The summed E-state index contributed by atoms with van der Waals surface area (Å²) in [7, 11) is -1.75. The average molecular weight is 290 g/mol. The van der Waals surface area contributed by atoms with Gasteiger partial charge < -0.3 is 10.1 Å². The highest BCUT2D eigenvalue weighted by atomic mass is 32.2. The van der Waals surface area contributed by atoms with E-state index < -0.39 is 27.4 Å². The van der Waals surface area contributed by atoms with Crippen LogP contribution in [0.5, 0.6) is 0 Å². The first-order chi connectivity index (χ1) is 8.71. The number of hydrogen-bond acceptors (Lipinski definition) is 4. The third-order valence-corrected chi connectivity index (χ3v) is 4.24. The summed E-state index contributed by atoms with van der Waals surface area (Å²) in [5.74, 6) is -0.260. The lowest BCUT2D eigenvalue weighted by Crippen LogP contribution is -2.46. The van der Waals surface area contributed by atoms with E-state index in [0.29, 0.717) is 19.4 Å². The molecule has 0 aliphatic heterocycles. The van der Waals surface area contributed by atoms with Gasteiger partial charge in [-0.1, -0.05) is 6.92 Å². The Kier molecular flexibility index (Phi) is 4.95. The van der Waals surface area contributed by atoms with Crippen LogP contribution in [0.2, 0.25) is 0 Å². The SMILES string of the molecule is CCCNC(=O)C1(S(=O)NC(=O)OC(C)(C)C)CC1. The predicted molar refractivity (Wildman–Crippen MR) is 72.8 cm³/mol. The van der Waals surface area contributed by atoms with Gasteiger partial charge in [0.15, 0.2) is 0 Å². The van der Waals surface area contributed by atoms with Crippen LogP contribution >= 0.6 is 0 Å². The predicted octanol–water partition coefficient (Wildman–Crippen LogP) is 1.23. The van der Waals surface area contributed by atoms with Gasteiger partial charge in [-0.15, -0.1) is 0 Å². The Morgan fingerprint density at radius 1 is 1.32 bits per heavy atom. The molecule has 0 saturated heterocycles. The van der Waals surface area contributed by atoms with Crippen molar-refractivity contribution in [1.82, 2.24) is 10.0 Å². The molecule has 0 spiro atoms. The standard InChI is InChI=1S/C12H22N2O4S/c1-5-8-13-9(15)12(6-7-12)19(17)14-10(16)18-11(2,3)4/h5-8H2,1-4H3,(H,13,15)(H,14,16). The summed E-state index contributed by atoms with van der Waals surface area (Å²) < 4.78 is 18.4. The van der Waals surface area contributed by atoms with Crippen LogP contribution in [0.15, 0.2) is 0 Å². The summed E-state index contributed by atoms with van der Waals surface area (Å²) in [5.41, 5.74) is -0.657. The smallest absolute Gasteiger partial charge is 0.419 e. The van der Waals surface area contributed by atoms with Gasteiger partial charge in [0.05, 0.1) is 0 Å². The molecular formula is C12H22N2O4S. The highest BCUT2D eigenvalue weighted by molar-refractivity contribution is 7.86. The van der Waals surface area contributed by atoms with Crippen molar-refractivity contribution in [3.05, 3.63) is 0 Å². The fourth-order valence-electron chi connectivity index (χ4n) is 1.48. The minimum Gasteiger partial charge on any atom is -0.443 e. The molecule has 0 aromatic carbocycles. The molecule has 2 N–H and O–H groups in total. The molecule has 0 aromatic rings. The topological polar surface area (TPSA) is 84.5 Å². The normalized spacial score (nSPS) is 18.3. The monoisotopic (exact) mass is 290 g/mol. The van der Waals surface area contributed by atoms with Gasteiger partial charge in [0, 0.05) is 6.54 Å². The molecule has 6 nitrogen and oxygen atoms in total. The minimum absolute atomic E-state index is 0.260. The van der Waals surface area contributed by atoms with Crippen LogP contribution in [-0.2, 0) is 20.5 Å². The number of amides is 2. The lowest BCUT2D eigenvalue weighted by molar-refractivity contribution is -0.121. The van der Waals surface area contributed by atoms with Gasteiger partial charge in [0.2, 0.25) is 5.91 Å². The molecule has 7 heteroatoms. The number of ether oxygens (including phenoxy) is 1. The summed E-state index contributed by atoms with van der Waals surface area (Å²) in [6.45, 7) is 7.64. The van der Waals surface area contributed by atoms with Crippen molar-refractivity contribution in [3.63, 3.8) is 0 Å². The van der Waals surface area contributed by atoms with Crippen molar-refractivity contribution >= 4 is 23.0 Å². The van der Waals surface area contributed by atoms with E-state index in [2.05, 4.69) is 10.0 Å². The lowest BCUT2D eigenvalue weighted by atomic mass is 10.2. The summed E-state index contributed by atoms with van der Waals surface area (Å²) >= 11 is 0. The van der Waals surface area contributed by atoms with Crippen molar-refractivity contribution in [1.29, 1.82) is 0 Å². The molecule has 2 amide bonds. The van der Waals surface area contributed by atoms with E-state index in [1.54, 1.807) is 20.8 Å². The van der Waals surface area contributed by atoms with Crippen molar-refractivity contribution in [3.8, 4) is 0 Å². The molecule has 1 unspecified atom stereocenters. The Labute approximate surface area is 116 Å². The molecule has 0 aromatic heterocycles. The van der Waals surface area contributed by atoms with E-state index in [0.717, 1.165) is 6.42 Å². The Hall–Kier alpha value is -1.11. The summed E-state index contributed by atoms with van der Waals surface area (Å²) in [6.07, 6.45) is 1.09. The van der Waals surface area contributed by atoms with Crippen LogP contribution in [0.3, 0.4) is 0 Å². The first-order valence-electron chi connectivity index (χ1n) is 6.41. The first-order valence-corrected chi connectivity index (χ1v) is 7.56. The van der Waals surface area contributed by atoms with E-state index in [-0.39, 0.29) is 5.91 Å². The zero-order valence-electron chi connectivity index (χ0n) is 11.9. The second-order valence-corrected chi connectivity index (χ2v) is 7.15. The summed E-state index contributed by atoms with van der Waals surface area (Å²) in [6, 6.07) is 0. The van der Waals surface area contributed by atoms with Crippen LogP contribution in [0.25, 0.3) is 0 Å². The second kappa shape index (κ2) is 5.90. The highest BCUT2D eigenvalue weighted by Crippen LogP contribution is 2.41. The molecule has 1 aliphatic rings. The van der Waals surface area contributed by atoms with Gasteiger partial charge in [-0.05, 0) is 40.0 Å². The zero-order valence-corrected chi connectivity index (χ0v) is 12.7. The number of carbonyl (C=O) groups is 2. The number of carbonyl (C=O) groups excluding carboxylic acids is 2. The molecule has 1 saturated carbocycles. The fraction of sp³-hybridized carbons (Fsp3) is 0.833. The van der Waals surface area contributed by atoms with E-state index >= 15 is 0 Å². The van der Waals surface area contributed by atoms with E-state index in [1.165, 1.54) is 0 Å². The number of rotatable bonds is 5. The van der Waals surface area contributed by atoms with Crippen molar-refractivity contribution in [2.45, 2.75) is 57.3 Å². The fourth-order valence-corrected chi connectivity index (χ4v) is 2.58. The zero-order chi connectivity index (χ0) is 14.7. The van der Waals surface area contributed by atoms with E-state index in [1.807, 2.05) is 6.92 Å². The molecule has 1 aliphatic carbocycles. The van der Waals surface area contributed by atoms with Gasteiger partial charge in [-0.2, -0.15) is 0 Å². The van der Waals surface area contributed by atoms with Crippen LogP contribution < -0.4 is 10.0 Å². The largest absolute Gasteiger partial charge is 0.443 e. The van der Waals surface area contributed by atoms with E-state index in [9.17, 15) is 13.8 Å². The molecule has 19 heavy (non-hydrogen) atoms. The second-order valence-electron chi connectivity index (χ2n) is 5.62. The maximum atomic E-state index is 12.1. The highest BCUT2D eigenvalue weighted by Gasteiger charge is 2.56. The maximum Gasteiger partial charge on any atom is 0.419 e. The molecular weight excluding hydrogens is 268 g/mol. The van der Waals surface area contributed by atoms with Gasteiger partial charge in [0.1, 0.15) is 21.3 Å². The molecule has 0 bridgehead atoms. The number of hydrogen-bond donors (Lipinski definition) is 2. The maximum absolute atomic E-state index is 12.1. The Balaban J connectivity index is 2.53. The molecule has 0 radical (unpaired) electrons. The molecule has 110 valence electrons. The molecule has 1 fully saturated rings. The molecule has 1 rings (SSSR count). The Morgan fingerprint density at radius 3 is 2.32 bits per heavy atom. The van der Waals surface area contributed by atoms with Crippen LogP contribution in [0.4, 0.5) is 4.79 Å². The third kappa shape index (κ3) is 4.49.